The Labute approximate surface area is 316 Å². The minimum Gasteiger partial charge on any atom is -0.456 e. The first-order chi connectivity index (χ1) is 26.5. The van der Waals surface area contributed by atoms with Gasteiger partial charge in [-0.25, -0.2) is 0 Å². The molecule has 0 saturated carbocycles. The predicted molar refractivity (Wildman–Crippen MR) is 231 cm³/mol. The molecule has 1 heteroatoms. The summed E-state index contributed by atoms with van der Waals surface area (Å²) in [5, 5.41) is 9.92. The maximum atomic E-state index is 6.21. The second-order valence-corrected chi connectivity index (χ2v) is 14.8. The van der Waals surface area contributed by atoms with Crippen LogP contribution >= 0.6 is 0 Å². The molecule has 1 nitrogen and oxygen atoms in total. The zero-order valence-electron chi connectivity index (χ0n) is 31.1. The Balaban J connectivity index is 0.00000178. The molecule has 0 bridgehead atoms. The number of benzene rings is 9. The molecule has 0 N–H and O–H groups in total. The summed E-state index contributed by atoms with van der Waals surface area (Å²) in [5.41, 5.74) is 14.7. The van der Waals surface area contributed by atoms with Crippen LogP contribution in [0.4, 0.5) is 0 Å². The Morgan fingerprint density at radius 1 is 0.352 bits per heavy atom. The lowest BCUT2D eigenvalue weighted by molar-refractivity contribution is 0.661. The number of furan rings is 1. The molecular formula is C53H40O. The second kappa shape index (κ2) is 12.3. The van der Waals surface area contributed by atoms with Crippen LogP contribution in [0.25, 0.3) is 98.8 Å². The topological polar surface area (TPSA) is 13.1 Å². The maximum Gasteiger partial charge on any atom is 0.135 e. The van der Waals surface area contributed by atoms with Crippen LogP contribution in [0.3, 0.4) is 0 Å². The van der Waals surface area contributed by atoms with E-state index >= 15 is 0 Å². The fraction of sp³-hybridized carbons (Fsp3) is 0.0943. The minimum absolute atomic E-state index is 0.0870. The molecule has 1 aromatic heterocycles. The van der Waals surface area contributed by atoms with Crippen molar-refractivity contribution in [1.29, 1.82) is 0 Å². The first-order valence-electron chi connectivity index (χ1n) is 19.2. The zero-order valence-corrected chi connectivity index (χ0v) is 31.1. The molecule has 9 aromatic carbocycles. The van der Waals surface area contributed by atoms with E-state index in [1.54, 1.807) is 0 Å². The van der Waals surface area contributed by atoms with Crippen LogP contribution in [0.5, 0.6) is 0 Å². The van der Waals surface area contributed by atoms with Gasteiger partial charge < -0.3 is 4.42 Å². The van der Waals surface area contributed by atoms with Gasteiger partial charge >= 0.3 is 0 Å². The van der Waals surface area contributed by atoms with Crippen molar-refractivity contribution in [3.05, 3.63) is 181 Å². The van der Waals surface area contributed by atoms with E-state index in [-0.39, 0.29) is 5.41 Å². The van der Waals surface area contributed by atoms with Gasteiger partial charge in [-0.15, -0.1) is 0 Å². The second-order valence-electron chi connectivity index (χ2n) is 14.8. The molecule has 0 amide bonds. The van der Waals surface area contributed by atoms with E-state index in [9.17, 15) is 0 Å². The lowest BCUT2D eigenvalue weighted by atomic mass is 9.81. The highest BCUT2D eigenvalue weighted by Crippen LogP contribution is 2.52. The number of hydrogen-bond acceptors (Lipinski definition) is 1. The summed E-state index contributed by atoms with van der Waals surface area (Å²) in [4.78, 5) is 0. The first kappa shape index (κ1) is 32.2. The van der Waals surface area contributed by atoms with E-state index < -0.39 is 0 Å². The molecule has 0 radical (unpaired) electrons. The lowest BCUT2D eigenvalue weighted by Gasteiger charge is -2.22. The standard InChI is InChI=1S/C51H34O.C2H6/c1-51(2)44-26-23-31-12-3-4-15-36(31)50(44)42-25-22-33(30-45(42)51)32-13-11-14-34(28-32)48-38-17-5-7-19-40(38)49(41-20-8-6-18-39(41)48)35-24-27-47-43(29-35)37-16-9-10-21-46(37)52-47;1-2/h3-30H,1-2H3;1-2H3. The van der Waals surface area contributed by atoms with E-state index in [1.807, 2.05) is 26.0 Å². The van der Waals surface area contributed by atoms with Crippen LogP contribution in [-0.2, 0) is 5.41 Å². The van der Waals surface area contributed by atoms with Crippen molar-refractivity contribution in [2.75, 3.05) is 0 Å². The number of para-hydroxylation sites is 1. The molecule has 1 aliphatic rings. The third kappa shape index (κ3) is 4.71. The average Bonchev–Trinajstić information content (AvgIpc) is 3.71. The monoisotopic (exact) mass is 692 g/mol. The molecule has 0 aliphatic heterocycles. The molecule has 0 unspecified atom stereocenters. The van der Waals surface area contributed by atoms with Gasteiger partial charge in [-0.05, 0) is 118 Å². The third-order valence-corrected chi connectivity index (χ3v) is 11.6. The van der Waals surface area contributed by atoms with E-state index in [0.717, 1.165) is 21.9 Å². The number of fused-ring (bicyclic) bond motifs is 10. The summed E-state index contributed by atoms with van der Waals surface area (Å²) in [5.74, 6) is 0. The Hall–Kier alpha value is -6.44. The van der Waals surface area contributed by atoms with Gasteiger partial charge in [0.05, 0.1) is 0 Å². The van der Waals surface area contributed by atoms with Crippen LogP contribution < -0.4 is 0 Å². The fourth-order valence-electron chi connectivity index (χ4n) is 9.17. The molecule has 258 valence electrons. The van der Waals surface area contributed by atoms with Crippen LogP contribution in [0.2, 0.25) is 0 Å². The summed E-state index contributed by atoms with van der Waals surface area (Å²) >= 11 is 0. The molecule has 1 aliphatic carbocycles. The van der Waals surface area contributed by atoms with Crippen molar-refractivity contribution < 1.29 is 4.42 Å². The Kier molecular flexibility index (Phi) is 7.35. The van der Waals surface area contributed by atoms with Gasteiger partial charge in [0.1, 0.15) is 11.2 Å². The molecule has 0 fully saturated rings. The van der Waals surface area contributed by atoms with Crippen molar-refractivity contribution in [3.63, 3.8) is 0 Å². The zero-order chi connectivity index (χ0) is 36.6. The van der Waals surface area contributed by atoms with Gasteiger partial charge in [-0.2, -0.15) is 0 Å². The van der Waals surface area contributed by atoms with Gasteiger partial charge in [0.15, 0.2) is 0 Å². The molecule has 10 aromatic rings. The molecule has 54 heavy (non-hydrogen) atoms. The average molecular weight is 693 g/mol. The fourth-order valence-corrected chi connectivity index (χ4v) is 9.17. The van der Waals surface area contributed by atoms with E-state index in [0.29, 0.717) is 0 Å². The van der Waals surface area contributed by atoms with Crippen LogP contribution in [0, 0.1) is 0 Å². The summed E-state index contributed by atoms with van der Waals surface area (Å²) < 4.78 is 6.21. The van der Waals surface area contributed by atoms with Crippen molar-refractivity contribution in [3.8, 4) is 44.5 Å². The van der Waals surface area contributed by atoms with Crippen molar-refractivity contribution in [2.24, 2.45) is 0 Å². The maximum absolute atomic E-state index is 6.21. The quantitative estimate of drug-likeness (QED) is 0.168. The first-order valence-corrected chi connectivity index (χ1v) is 19.2. The Morgan fingerprint density at radius 2 is 0.889 bits per heavy atom. The Morgan fingerprint density at radius 3 is 1.59 bits per heavy atom. The third-order valence-electron chi connectivity index (χ3n) is 11.6. The highest BCUT2D eigenvalue weighted by Gasteiger charge is 2.36. The SMILES string of the molecule is CC.CC1(C)c2cc(-c3cccc(-c4c5ccccc5c(-c5ccc6oc7ccccc7c6c5)c5ccccc45)c3)ccc2-c2c1ccc1ccccc21. The highest BCUT2D eigenvalue weighted by atomic mass is 16.3. The van der Waals surface area contributed by atoms with Crippen LogP contribution in [0.1, 0.15) is 38.8 Å². The normalized spacial score (nSPS) is 13.0. The van der Waals surface area contributed by atoms with Crippen molar-refractivity contribution in [2.45, 2.75) is 33.1 Å². The van der Waals surface area contributed by atoms with Gasteiger partial charge in [-0.3, -0.25) is 0 Å². The molecule has 0 saturated heterocycles. The minimum atomic E-state index is -0.0870. The van der Waals surface area contributed by atoms with E-state index in [4.69, 9.17) is 4.42 Å². The van der Waals surface area contributed by atoms with Gasteiger partial charge in [-0.1, -0.05) is 167 Å². The van der Waals surface area contributed by atoms with Crippen LogP contribution in [0.15, 0.2) is 174 Å². The number of hydrogen-bond donors (Lipinski definition) is 0. The van der Waals surface area contributed by atoms with E-state index in [2.05, 4.69) is 172 Å². The molecule has 11 rings (SSSR count). The van der Waals surface area contributed by atoms with Crippen LogP contribution in [-0.4, -0.2) is 0 Å². The molecule has 0 spiro atoms. The van der Waals surface area contributed by atoms with Crippen molar-refractivity contribution in [1.82, 2.24) is 0 Å². The molecule has 0 atom stereocenters. The largest absolute Gasteiger partial charge is 0.456 e. The summed E-state index contributed by atoms with van der Waals surface area (Å²) in [7, 11) is 0. The number of rotatable bonds is 3. The summed E-state index contributed by atoms with van der Waals surface area (Å²) in [6, 6.07) is 62.5. The highest BCUT2D eigenvalue weighted by molar-refractivity contribution is 6.22. The van der Waals surface area contributed by atoms with Crippen molar-refractivity contribution >= 4 is 54.3 Å². The summed E-state index contributed by atoms with van der Waals surface area (Å²) in [6.45, 7) is 8.75. The molecule has 1 heterocycles. The lowest BCUT2D eigenvalue weighted by Crippen LogP contribution is -2.15. The molecular weight excluding hydrogens is 653 g/mol. The predicted octanol–water partition coefficient (Wildman–Crippen LogP) is 15.4. The smallest absolute Gasteiger partial charge is 0.135 e. The van der Waals surface area contributed by atoms with E-state index in [1.165, 1.54) is 88.0 Å². The van der Waals surface area contributed by atoms with Gasteiger partial charge in [0.25, 0.3) is 0 Å². The summed E-state index contributed by atoms with van der Waals surface area (Å²) in [6.07, 6.45) is 0. The van der Waals surface area contributed by atoms with Gasteiger partial charge in [0, 0.05) is 16.2 Å². The Bertz CT molecular complexity index is 3040. The van der Waals surface area contributed by atoms with Gasteiger partial charge in [0.2, 0.25) is 0 Å².